The average Bonchev–Trinajstić information content (AvgIpc) is 3.18. The van der Waals surface area contributed by atoms with E-state index in [-0.39, 0.29) is 15.9 Å². The van der Waals surface area contributed by atoms with Crippen molar-refractivity contribution in [3.63, 3.8) is 0 Å². The van der Waals surface area contributed by atoms with Gasteiger partial charge in [0.25, 0.3) is 5.69 Å². The summed E-state index contributed by atoms with van der Waals surface area (Å²) in [7, 11) is 0. The van der Waals surface area contributed by atoms with Gasteiger partial charge in [-0.05, 0) is 23.9 Å². The second kappa shape index (κ2) is 6.29. The van der Waals surface area contributed by atoms with Crippen LogP contribution in [0.1, 0.15) is 17.7 Å². The molecule has 8 heteroatoms. The number of nitro benzene ring substituents is 1. The van der Waals surface area contributed by atoms with Gasteiger partial charge in [-0.1, -0.05) is 30.0 Å². The molecule has 6 nitrogen and oxygen atoms in total. The monoisotopic (exact) mass is 332 g/mol. The van der Waals surface area contributed by atoms with Gasteiger partial charge in [0.1, 0.15) is 0 Å². The van der Waals surface area contributed by atoms with Crippen molar-refractivity contribution in [2.24, 2.45) is 0 Å². The standard InChI is InChI=1S/C14H12N4O2S2/c1-9(10-4-2-5-11(8-10)18(19)20)22-14-15-13(16-17-14)12-6-3-7-21-12/h2-9H,1H3,(H,15,16,17). The van der Waals surface area contributed by atoms with Gasteiger partial charge in [-0.15, -0.1) is 16.4 Å². The third kappa shape index (κ3) is 3.18. The Bertz CT molecular complexity index is 786. The molecule has 0 aliphatic carbocycles. The fourth-order valence-electron chi connectivity index (χ4n) is 1.94. The molecule has 0 radical (unpaired) electrons. The van der Waals surface area contributed by atoms with Gasteiger partial charge in [-0.2, -0.15) is 0 Å². The van der Waals surface area contributed by atoms with E-state index < -0.39 is 0 Å². The summed E-state index contributed by atoms with van der Waals surface area (Å²) in [6.45, 7) is 1.98. The predicted octanol–water partition coefficient (Wildman–Crippen LogP) is 4.29. The van der Waals surface area contributed by atoms with E-state index in [0.717, 1.165) is 16.3 Å². The van der Waals surface area contributed by atoms with Gasteiger partial charge in [0.15, 0.2) is 5.82 Å². The lowest BCUT2D eigenvalue weighted by molar-refractivity contribution is -0.384. The Kier molecular flexibility index (Phi) is 4.21. The van der Waals surface area contributed by atoms with Crippen LogP contribution in [-0.4, -0.2) is 20.1 Å². The number of benzene rings is 1. The molecule has 0 fully saturated rings. The zero-order valence-electron chi connectivity index (χ0n) is 11.6. The highest BCUT2D eigenvalue weighted by Crippen LogP contribution is 2.35. The number of thiophene rings is 1. The second-order valence-electron chi connectivity index (χ2n) is 4.56. The summed E-state index contributed by atoms with van der Waals surface area (Å²) in [5.41, 5.74) is 0.973. The molecule has 0 saturated carbocycles. The summed E-state index contributed by atoms with van der Waals surface area (Å²) >= 11 is 3.06. The van der Waals surface area contributed by atoms with E-state index in [9.17, 15) is 10.1 Å². The van der Waals surface area contributed by atoms with Gasteiger partial charge in [0, 0.05) is 17.4 Å². The first kappa shape index (κ1) is 14.7. The minimum Gasteiger partial charge on any atom is -0.258 e. The summed E-state index contributed by atoms with van der Waals surface area (Å²) in [4.78, 5) is 15.9. The second-order valence-corrected chi connectivity index (χ2v) is 6.81. The number of nitro groups is 1. The molecule has 0 aliphatic rings. The smallest absolute Gasteiger partial charge is 0.258 e. The molecule has 1 N–H and O–H groups in total. The average molecular weight is 332 g/mol. The number of hydrogen-bond donors (Lipinski definition) is 1. The largest absolute Gasteiger partial charge is 0.269 e. The van der Waals surface area contributed by atoms with E-state index in [1.807, 2.05) is 30.5 Å². The molecule has 22 heavy (non-hydrogen) atoms. The van der Waals surface area contributed by atoms with E-state index >= 15 is 0 Å². The van der Waals surface area contributed by atoms with Crippen molar-refractivity contribution in [3.05, 3.63) is 57.5 Å². The normalized spacial score (nSPS) is 12.2. The Morgan fingerprint density at radius 1 is 1.36 bits per heavy atom. The maximum atomic E-state index is 10.8. The molecule has 0 amide bonds. The maximum absolute atomic E-state index is 10.8. The minimum atomic E-state index is -0.386. The van der Waals surface area contributed by atoms with E-state index in [4.69, 9.17) is 0 Å². The summed E-state index contributed by atoms with van der Waals surface area (Å²) in [5, 5.41) is 20.6. The lowest BCUT2D eigenvalue weighted by Gasteiger charge is -2.08. The molecule has 3 aromatic rings. The van der Waals surface area contributed by atoms with Crippen LogP contribution in [0.25, 0.3) is 10.7 Å². The first-order valence-electron chi connectivity index (χ1n) is 6.51. The highest BCUT2D eigenvalue weighted by atomic mass is 32.2. The third-order valence-electron chi connectivity index (χ3n) is 3.05. The van der Waals surface area contributed by atoms with Crippen molar-refractivity contribution in [3.8, 4) is 10.7 Å². The van der Waals surface area contributed by atoms with Crippen LogP contribution in [0.5, 0.6) is 0 Å². The Hall–Kier alpha value is -2.19. The van der Waals surface area contributed by atoms with Gasteiger partial charge in [0.05, 0.1) is 9.80 Å². The van der Waals surface area contributed by atoms with Crippen LogP contribution in [0.15, 0.2) is 46.9 Å². The Morgan fingerprint density at radius 3 is 2.95 bits per heavy atom. The number of non-ortho nitro benzene ring substituents is 1. The number of aromatic nitrogens is 3. The maximum Gasteiger partial charge on any atom is 0.269 e. The zero-order valence-corrected chi connectivity index (χ0v) is 13.2. The predicted molar refractivity (Wildman–Crippen MR) is 87.1 cm³/mol. The molecule has 2 aromatic heterocycles. The highest BCUT2D eigenvalue weighted by molar-refractivity contribution is 7.99. The fraction of sp³-hybridized carbons (Fsp3) is 0.143. The molecule has 0 bridgehead atoms. The molecule has 1 aromatic carbocycles. The fourth-order valence-corrected chi connectivity index (χ4v) is 3.45. The van der Waals surface area contributed by atoms with Crippen LogP contribution in [0, 0.1) is 10.1 Å². The summed E-state index contributed by atoms with van der Waals surface area (Å²) in [6, 6.07) is 10.6. The molecule has 112 valence electrons. The van der Waals surface area contributed by atoms with Gasteiger partial charge in [0.2, 0.25) is 5.16 Å². The third-order valence-corrected chi connectivity index (χ3v) is 4.95. The molecule has 2 heterocycles. The minimum absolute atomic E-state index is 0.0203. The van der Waals surface area contributed by atoms with E-state index in [1.54, 1.807) is 23.5 Å². The van der Waals surface area contributed by atoms with Crippen molar-refractivity contribution in [1.82, 2.24) is 15.2 Å². The SMILES string of the molecule is CC(Sc1n[nH]c(-c2cccs2)n1)c1cccc([N+](=O)[O-])c1. The number of aromatic amines is 1. The van der Waals surface area contributed by atoms with Gasteiger partial charge in [-0.3, -0.25) is 15.2 Å². The zero-order chi connectivity index (χ0) is 15.5. The Balaban J connectivity index is 1.75. The molecular weight excluding hydrogens is 320 g/mol. The van der Waals surface area contributed by atoms with Crippen LogP contribution in [0.4, 0.5) is 5.69 Å². The van der Waals surface area contributed by atoms with Crippen molar-refractivity contribution >= 4 is 28.8 Å². The topological polar surface area (TPSA) is 84.7 Å². The van der Waals surface area contributed by atoms with E-state index in [1.165, 1.54) is 17.8 Å². The summed E-state index contributed by atoms with van der Waals surface area (Å²) in [6.07, 6.45) is 0. The van der Waals surface area contributed by atoms with E-state index in [2.05, 4.69) is 15.2 Å². The summed E-state index contributed by atoms with van der Waals surface area (Å²) in [5.74, 6) is 0.740. The first-order valence-corrected chi connectivity index (χ1v) is 8.26. The van der Waals surface area contributed by atoms with Crippen molar-refractivity contribution in [2.45, 2.75) is 17.3 Å². The van der Waals surface area contributed by atoms with E-state index in [0.29, 0.717) is 5.16 Å². The molecule has 0 spiro atoms. The van der Waals surface area contributed by atoms with Gasteiger partial charge >= 0.3 is 0 Å². The first-order chi connectivity index (χ1) is 10.6. The summed E-state index contributed by atoms with van der Waals surface area (Å²) < 4.78 is 0. The Labute approximate surface area is 134 Å². The van der Waals surface area contributed by atoms with Crippen LogP contribution in [0.3, 0.4) is 0 Å². The molecule has 1 unspecified atom stereocenters. The number of rotatable bonds is 5. The number of H-pyrrole nitrogens is 1. The quantitative estimate of drug-likeness (QED) is 0.428. The van der Waals surface area contributed by atoms with Crippen molar-refractivity contribution < 1.29 is 4.92 Å². The molecule has 0 aliphatic heterocycles. The molecule has 0 saturated heterocycles. The van der Waals surface area contributed by atoms with Crippen molar-refractivity contribution in [2.75, 3.05) is 0 Å². The molecular formula is C14H12N4O2S2. The van der Waals surface area contributed by atoms with Gasteiger partial charge < -0.3 is 0 Å². The lowest BCUT2D eigenvalue weighted by Crippen LogP contribution is -1.93. The van der Waals surface area contributed by atoms with Gasteiger partial charge in [-0.25, -0.2) is 4.98 Å². The number of nitrogens with one attached hydrogen (secondary N) is 1. The van der Waals surface area contributed by atoms with Crippen LogP contribution < -0.4 is 0 Å². The van der Waals surface area contributed by atoms with Crippen molar-refractivity contribution in [1.29, 1.82) is 0 Å². The molecule has 3 rings (SSSR count). The Morgan fingerprint density at radius 2 is 2.23 bits per heavy atom. The number of thioether (sulfide) groups is 1. The van der Waals surface area contributed by atoms with Crippen LogP contribution >= 0.6 is 23.1 Å². The highest BCUT2D eigenvalue weighted by Gasteiger charge is 2.15. The number of nitrogens with zero attached hydrogens (tertiary/aromatic N) is 3. The molecule has 1 atom stereocenters. The van der Waals surface area contributed by atoms with Crippen LogP contribution in [0.2, 0.25) is 0 Å². The number of hydrogen-bond acceptors (Lipinski definition) is 6. The lowest BCUT2D eigenvalue weighted by atomic mass is 10.1. The van der Waals surface area contributed by atoms with Crippen LogP contribution in [-0.2, 0) is 0 Å².